The summed E-state index contributed by atoms with van der Waals surface area (Å²) in [5, 5.41) is 3.16. The summed E-state index contributed by atoms with van der Waals surface area (Å²) in [5.41, 5.74) is 12.1. The average Bonchev–Trinajstić information content (AvgIpc) is 3.31. The van der Waals surface area contributed by atoms with E-state index in [-0.39, 0.29) is 5.91 Å². The Labute approximate surface area is 160 Å². The van der Waals surface area contributed by atoms with E-state index in [1.54, 1.807) is 0 Å². The number of hydrogen-bond donors (Lipinski definition) is 2. The summed E-state index contributed by atoms with van der Waals surface area (Å²) in [7, 11) is 0. The Hall–Kier alpha value is -2.82. The highest BCUT2D eigenvalue weighted by molar-refractivity contribution is 5.95. The minimum Gasteiger partial charge on any atom is -0.370 e. The minimum atomic E-state index is 0.167. The summed E-state index contributed by atoms with van der Waals surface area (Å²) >= 11 is 0. The summed E-state index contributed by atoms with van der Waals surface area (Å²) in [6.07, 6.45) is 5.68. The van der Waals surface area contributed by atoms with Crippen molar-refractivity contribution < 1.29 is 4.79 Å². The third-order valence-electron chi connectivity index (χ3n) is 5.39. The second-order valence-corrected chi connectivity index (χ2v) is 7.26. The van der Waals surface area contributed by atoms with Crippen LogP contribution in [0.4, 0.5) is 11.4 Å². The van der Waals surface area contributed by atoms with Gasteiger partial charge in [0.1, 0.15) is 0 Å². The summed E-state index contributed by atoms with van der Waals surface area (Å²) in [6, 6.07) is 14.5. The van der Waals surface area contributed by atoms with Gasteiger partial charge in [0.15, 0.2) is 5.96 Å². The smallest absolute Gasteiger partial charge is 0.227 e. The van der Waals surface area contributed by atoms with Crippen LogP contribution in [-0.4, -0.2) is 25.0 Å². The maximum Gasteiger partial charge on any atom is 0.227 e. The third-order valence-corrected chi connectivity index (χ3v) is 5.39. The number of aliphatic imine (C=N–C) groups is 1. The van der Waals surface area contributed by atoms with Gasteiger partial charge in [0.05, 0.1) is 0 Å². The first-order chi connectivity index (χ1) is 13.2. The van der Waals surface area contributed by atoms with Crippen molar-refractivity contribution >= 4 is 23.2 Å². The molecule has 27 heavy (non-hydrogen) atoms. The Morgan fingerprint density at radius 1 is 1.07 bits per heavy atom. The number of amides is 1. The number of anilines is 2. The molecule has 0 aromatic heterocycles. The van der Waals surface area contributed by atoms with E-state index in [4.69, 9.17) is 5.73 Å². The Kier molecular flexibility index (Phi) is 5.10. The lowest BCUT2D eigenvalue weighted by Gasteiger charge is -2.17. The van der Waals surface area contributed by atoms with Crippen LogP contribution in [0.2, 0.25) is 0 Å². The fourth-order valence-corrected chi connectivity index (χ4v) is 4.00. The number of carbonyl (C=O) groups is 1. The van der Waals surface area contributed by atoms with Crippen LogP contribution in [0.5, 0.6) is 0 Å². The third kappa shape index (κ3) is 3.97. The zero-order chi connectivity index (χ0) is 18.6. The standard InChI is InChI=1S/C22H26N4O/c23-22(25-19-11-10-16-6-3-7-18(16)15-19)24-13-4-9-21(27)26-14-12-17-5-1-2-8-20(17)26/h1-2,5,8,10-11,15H,3-4,6-7,9,12-14H2,(H3,23,24,25). The van der Waals surface area contributed by atoms with E-state index in [0.717, 1.165) is 30.8 Å². The predicted octanol–water partition coefficient (Wildman–Crippen LogP) is 3.27. The highest BCUT2D eigenvalue weighted by Crippen LogP contribution is 2.28. The molecule has 1 aliphatic carbocycles. The predicted molar refractivity (Wildman–Crippen MR) is 110 cm³/mol. The van der Waals surface area contributed by atoms with E-state index in [1.165, 1.54) is 29.5 Å². The first-order valence-corrected chi connectivity index (χ1v) is 9.78. The van der Waals surface area contributed by atoms with Crippen LogP contribution in [0.3, 0.4) is 0 Å². The van der Waals surface area contributed by atoms with Gasteiger partial charge in [-0.05, 0) is 67.0 Å². The number of nitrogens with one attached hydrogen (secondary N) is 1. The van der Waals surface area contributed by atoms with Crippen LogP contribution in [0, 0.1) is 0 Å². The molecule has 4 rings (SSSR count). The number of rotatable bonds is 5. The highest BCUT2D eigenvalue weighted by Gasteiger charge is 2.23. The van der Waals surface area contributed by atoms with Gasteiger partial charge in [0.2, 0.25) is 5.91 Å². The molecule has 0 fully saturated rings. The zero-order valence-corrected chi connectivity index (χ0v) is 15.6. The number of nitrogens with two attached hydrogens (primary N) is 1. The van der Waals surface area contributed by atoms with Crippen molar-refractivity contribution in [2.75, 3.05) is 23.3 Å². The van der Waals surface area contributed by atoms with Crippen molar-refractivity contribution in [2.24, 2.45) is 10.7 Å². The van der Waals surface area contributed by atoms with E-state index in [1.807, 2.05) is 23.1 Å². The molecule has 1 amide bonds. The van der Waals surface area contributed by atoms with Crippen LogP contribution < -0.4 is 16.0 Å². The van der Waals surface area contributed by atoms with E-state index in [0.29, 0.717) is 25.3 Å². The number of nitrogens with zero attached hydrogens (tertiary/aromatic N) is 2. The lowest BCUT2D eigenvalue weighted by Crippen LogP contribution is -2.28. The summed E-state index contributed by atoms with van der Waals surface area (Å²) in [5.74, 6) is 0.576. The number of aryl methyl sites for hydroxylation is 2. The Morgan fingerprint density at radius 2 is 1.93 bits per heavy atom. The van der Waals surface area contributed by atoms with Gasteiger partial charge in [-0.3, -0.25) is 9.79 Å². The molecule has 3 N–H and O–H groups in total. The molecule has 0 atom stereocenters. The first-order valence-electron chi connectivity index (χ1n) is 9.78. The van der Waals surface area contributed by atoms with E-state index in [9.17, 15) is 4.79 Å². The molecule has 0 saturated heterocycles. The molecular weight excluding hydrogens is 336 g/mol. The Balaban J connectivity index is 1.25. The van der Waals surface area contributed by atoms with Crippen LogP contribution in [-0.2, 0) is 24.1 Å². The normalized spacial score (nSPS) is 15.6. The Bertz CT molecular complexity index is 874. The van der Waals surface area contributed by atoms with Gasteiger partial charge in [-0.25, -0.2) is 0 Å². The maximum absolute atomic E-state index is 12.5. The van der Waals surface area contributed by atoms with Gasteiger partial charge in [-0.15, -0.1) is 0 Å². The molecule has 5 heteroatoms. The van der Waals surface area contributed by atoms with Crippen molar-refractivity contribution in [3.8, 4) is 0 Å². The van der Waals surface area contributed by atoms with Crippen LogP contribution in [0.15, 0.2) is 47.5 Å². The van der Waals surface area contributed by atoms with Crippen molar-refractivity contribution in [3.05, 3.63) is 59.2 Å². The molecular formula is C22H26N4O. The number of hydrogen-bond acceptors (Lipinski definition) is 2. The minimum absolute atomic E-state index is 0.167. The van der Waals surface area contributed by atoms with Gasteiger partial charge in [0, 0.05) is 30.9 Å². The SMILES string of the molecule is NC(=NCCCC(=O)N1CCc2ccccc21)Nc1ccc2c(c1)CCC2. The van der Waals surface area contributed by atoms with Crippen molar-refractivity contribution in [1.29, 1.82) is 0 Å². The quantitative estimate of drug-likeness (QED) is 0.487. The van der Waals surface area contributed by atoms with E-state index in [2.05, 4.69) is 34.6 Å². The van der Waals surface area contributed by atoms with Gasteiger partial charge in [-0.2, -0.15) is 0 Å². The van der Waals surface area contributed by atoms with Crippen LogP contribution >= 0.6 is 0 Å². The largest absolute Gasteiger partial charge is 0.370 e. The number of fused-ring (bicyclic) bond motifs is 2. The zero-order valence-electron chi connectivity index (χ0n) is 15.6. The highest BCUT2D eigenvalue weighted by atomic mass is 16.2. The molecule has 2 aliphatic rings. The summed E-state index contributed by atoms with van der Waals surface area (Å²) in [4.78, 5) is 18.7. The maximum atomic E-state index is 12.5. The average molecular weight is 362 g/mol. The second kappa shape index (κ2) is 7.82. The molecule has 140 valence electrons. The number of carbonyl (C=O) groups excluding carboxylic acids is 1. The fraction of sp³-hybridized carbons (Fsp3) is 0.364. The monoisotopic (exact) mass is 362 g/mol. The van der Waals surface area contributed by atoms with Crippen LogP contribution in [0.1, 0.15) is 36.0 Å². The van der Waals surface area contributed by atoms with Crippen molar-refractivity contribution in [2.45, 2.75) is 38.5 Å². The molecule has 0 spiro atoms. The van der Waals surface area contributed by atoms with Gasteiger partial charge in [0.25, 0.3) is 0 Å². The van der Waals surface area contributed by atoms with Crippen molar-refractivity contribution in [3.63, 3.8) is 0 Å². The number of para-hydroxylation sites is 1. The molecule has 1 aliphatic heterocycles. The Morgan fingerprint density at radius 3 is 2.85 bits per heavy atom. The molecule has 1 heterocycles. The molecule has 0 radical (unpaired) electrons. The van der Waals surface area contributed by atoms with Crippen molar-refractivity contribution in [1.82, 2.24) is 0 Å². The lowest BCUT2D eigenvalue weighted by molar-refractivity contribution is -0.118. The van der Waals surface area contributed by atoms with E-state index < -0.39 is 0 Å². The van der Waals surface area contributed by atoms with Gasteiger partial charge in [-0.1, -0.05) is 24.3 Å². The second-order valence-electron chi connectivity index (χ2n) is 7.26. The topological polar surface area (TPSA) is 70.7 Å². The van der Waals surface area contributed by atoms with Gasteiger partial charge < -0.3 is 16.0 Å². The molecule has 2 aromatic carbocycles. The number of benzene rings is 2. The van der Waals surface area contributed by atoms with E-state index >= 15 is 0 Å². The van der Waals surface area contributed by atoms with Crippen LogP contribution in [0.25, 0.3) is 0 Å². The fourth-order valence-electron chi connectivity index (χ4n) is 4.00. The molecule has 0 unspecified atom stereocenters. The molecule has 0 saturated carbocycles. The molecule has 0 bridgehead atoms. The molecule has 5 nitrogen and oxygen atoms in total. The lowest BCUT2D eigenvalue weighted by atomic mass is 10.1. The summed E-state index contributed by atoms with van der Waals surface area (Å²) in [6.45, 7) is 1.33. The van der Waals surface area contributed by atoms with Gasteiger partial charge >= 0.3 is 0 Å². The number of guanidine groups is 1. The molecule has 2 aromatic rings. The first kappa shape index (κ1) is 17.6. The summed E-state index contributed by atoms with van der Waals surface area (Å²) < 4.78 is 0.